The van der Waals surface area contributed by atoms with Crippen LogP contribution in [0, 0.1) is 0 Å². The first kappa shape index (κ1) is 32.2. The second-order valence-corrected chi connectivity index (χ2v) is 10.6. The maximum atomic E-state index is 12.6. The number of nitrogens with zero attached hydrogens (tertiary/aromatic N) is 3. The standard InChI is InChI=1S/C27H30ClN5O5S.CH2O2/c1-15(17-10-16(6-7-18(17)28)27(35)30-8-9-32(2)3)38-23-13-24(39-25(23)26(29)34)33-14-31-19-11-21(36-4)22(37-5)12-20(19)33;2-1-3/h6-7,10-15H,8-9H2,1-5H3,(H2,29,34)(H,30,35);1H,(H,2,3). The summed E-state index contributed by atoms with van der Waals surface area (Å²) in [7, 11) is 6.99. The van der Waals surface area contributed by atoms with E-state index in [-0.39, 0.29) is 17.3 Å². The summed E-state index contributed by atoms with van der Waals surface area (Å²) in [5.41, 5.74) is 8.20. The molecule has 2 aromatic carbocycles. The highest BCUT2D eigenvalue weighted by Gasteiger charge is 2.22. The number of nitrogens with two attached hydrogens (primary N) is 1. The van der Waals surface area contributed by atoms with Crippen LogP contribution in [0.1, 0.15) is 38.6 Å². The topological polar surface area (TPSA) is 158 Å². The van der Waals surface area contributed by atoms with Crippen molar-refractivity contribution >= 4 is 52.3 Å². The van der Waals surface area contributed by atoms with Crippen LogP contribution in [0.4, 0.5) is 0 Å². The average Bonchev–Trinajstić information content (AvgIpc) is 3.56. The molecular weight excluding hydrogens is 586 g/mol. The monoisotopic (exact) mass is 617 g/mol. The Bertz CT molecular complexity index is 1570. The summed E-state index contributed by atoms with van der Waals surface area (Å²) in [6.07, 6.45) is 1.05. The van der Waals surface area contributed by atoms with Gasteiger partial charge in [-0.15, -0.1) is 11.3 Å². The maximum Gasteiger partial charge on any atom is 0.290 e. The number of fused-ring (bicyclic) bond motifs is 1. The zero-order valence-corrected chi connectivity index (χ0v) is 25.3. The number of imidazole rings is 1. The van der Waals surface area contributed by atoms with Crippen LogP contribution in [-0.4, -0.2) is 79.2 Å². The fraction of sp³-hybridized carbons (Fsp3) is 0.286. The van der Waals surface area contributed by atoms with Crippen LogP contribution in [0.2, 0.25) is 5.02 Å². The summed E-state index contributed by atoms with van der Waals surface area (Å²) in [6.45, 7) is 2.77. The van der Waals surface area contributed by atoms with E-state index < -0.39 is 12.0 Å². The number of carboxylic acid groups (broad SMARTS) is 1. The Kier molecular flexibility index (Phi) is 11.1. The van der Waals surface area contributed by atoms with Gasteiger partial charge in [0.25, 0.3) is 18.3 Å². The summed E-state index contributed by atoms with van der Waals surface area (Å²) in [5, 5.41) is 10.9. The van der Waals surface area contributed by atoms with Crippen molar-refractivity contribution in [3.05, 3.63) is 63.8 Å². The predicted molar refractivity (Wildman–Crippen MR) is 161 cm³/mol. The van der Waals surface area contributed by atoms with Gasteiger partial charge in [-0.1, -0.05) is 11.6 Å². The van der Waals surface area contributed by atoms with Crippen molar-refractivity contribution in [1.29, 1.82) is 0 Å². The molecule has 0 aliphatic carbocycles. The Hall–Kier alpha value is -4.33. The lowest BCUT2D eigenvalue weighted by molar-refractivity contribution is -0.122. The third-order valence-electron chi connectivity index (χ3n) is 6.04. The van der Waals surface area contributed by atoms with Crippen LogP contribution >= 0.6 is 22.9 Å². The number of hydrogen-bond donors (Lipinski definition) is 3. The SMILES string of the molecule is COc1cc2ncn(-c3cc(OC(C)c4cc(C(=O)NCCN(C)C)ccc4Cl)c(C(N)=O)s3)c2cc1OC.O=CO. The van der Waals surface area contributed by atoms with Crippen molar-refractivity contribution in [3.63, 3.8) is 0 Å². The van der Waals surface area contributed by atoms with E-state index >= 15 is 0 Å². The minimum absolute atomic E-state index is 0.211. The first-order valence-electron chi connectivity index (χ1n) is 12.5. The number of hydrogen-bond acceptors (Lipinski definition) is 9. The Morgan fingerprint density at radius 2 is 1.83 bits per heavy atom. The minimum atomic E-state index is -0.628. The fourth-order valence-corrected chi connectivity index (χ4v) is 5.20. The number of primary amides is 1. The van der Waals surface area contributed by atoms with E-state index in [2.05, 4.69) is 10.3 Å². The molecule has 4 N–H and O–H groups in total. The van der Waals surface area contributed by atoms with Gasteiger partial charge in [-0.3, -0.25) is 19.0 Å². The summed E-state index contributed by atoms with van der Waals surface area (Å²) in [5.74, 6) is 0.564. The van der Waals surface area contributed by atoms with Crippen LogP contribution in [0.15, 0.2) is 42.7 Å². The Labute approximate surface area is 251 Å². The molecule has 14 heteroatoms. The molecule has 0 aliphatic heterocycles. The third kappa shape index (κ3) is 7.49. The smallest absolute Gasteiger partial charge is 0.290 e. The summed E-state index contributed by atoms with van der Waals surface area (Å²) >= 11 is 7.65. The van der Waals surface area contributed by atoms with E-state index in [1.165, 1.54) is 11.3 Å². The van der Waals surface area contributed by atoms with E-state index in [0.29, 0.717) is 57.0 Å². The van der Waals surface area contributed by atoms with Crippen molar-refractivity contribution in [1.82, 2.24) is 19.8 Å². The number of amides is 2. The normalized spacial score (nSPS) is 11.4. The number of ether oxygens (including phenoxy) is 3. The van der Waals surface area contributed by atoms with Crippen molar-refractivity contribution < 1.29 is 33.7 Å². The summed E-state index contributed by atoms with van der Waals surface area (Å²) in [6, 6.07) is 10.3. The van der Waals surface area contributed by atoms with Gasteiger partial charge in [-0.25, -0.2) is 4.98 Å². The van der Waals surface area contributed by atoms with E-state index in [0.717, 1.165) is 5.52 Å². The molecule has 224 valence electrons. The highest BCUT2D eigenvalue weighted by molar-refractivity contribution is 7.16. The van der Waals surface area contributed by atoms with Crippen molar-refractivity contribution in [3.8, 4) is 22.2 Å². The number of halogens is 1. The van der Waals surface area contributed by atoms with Gasteiger partial charge in [-0.2, -0.15) is 0 Å². The number of aromatic nitrogens is 2. The zero-order chi connectivity index (χ0) is 31.0. The van der Waals surface area contributed by atoms with Gasteiger partial charge in [0.15, 0.2) is 11.5 Å². The molecule has 4 rings (SSSR count). The fourth-order valence-electron chi connectivity index (χ4n) is 4.00. The molecule has 2 heterocycles. The molecule has 0 spiro atoms. The number of nitrogens with one attached hydrogen (secondary N) is 1. The molecule has 2 aromatic heterocycles. The lowest BCUT2D eigenvalue weighted by Crippen LogP contribution is -2.31. The van der Waals surface area contributed by atoms with Gasteiger partial charge in [0.2, 0.25) is 0 Å². The Balaban J connectivity index is 0.00000155. The van der Waals surface area contributed by atoms with Crippen LogP contribution < -0.4 is 25.3 Å². The van der Waals surface area contributed by atoms with E-state index in [1.807, 2.05) is 29.6 Å². The molecule has 0 radical (unpaired) electrons. The quantitative estimate of drug-likeness (QED) is 0.212. The van der Waals surface area contributed by atoms with Crippen molar-refractivity contribution in [2.45, 2.75) is 13.0 Å². The van der Waals surface area contributed by atoms with Gasteiger partial charge in [0.1, 0.15) is 28.1 Å². The number of methoxy groups -OCH3 is 2. The highest BCUT2D eigenvalue weighted by atomic mass is 35.5. The number of thiophene rings is 1. The first-order valence-corrected chi connectivity index (χ1v) is 13.7. The molecule has 0 bridgehead atoms. The maximum absolute atomic E-state index is 12.6. The second kappa shape index (κ2) is 14.5. The van der Waals surface area contributed by atoms with Crippen molar-refractivity contribution in [2.75, 3.05) is 41.4 Å². The Morgan fingerprint density at radius 1 is 1.17 bits per heavy atom. The number of likely N-dealkylation sites (N-methyl/N-ethyl adjacent to an activating group) is 1. The summed E-state index contributed by atoms with van der Waals surface area (Å²) < 4.78 is 18.8. The van der Waals surface area contributed by atoms with Crippen LogP contribution in [-0.2, 0) is 4.79 Å². The molecule has 0 saturated carbocycles. The molecule has 1 atom stereocenters. The van der Waals surface area contributed by atoms with Crippen LogP contribution in [0.25, 0.3) is 16.0 Å². The van der Waals surface area contributed by atoms with E-state index in [1.54, 1.807) is 57.8 Å². The molecule has 0 fully saturated rings. The van der Waals surface area contributed by atoms with Crippen molar-refractivity contribution in [2.24, 2.45) is 5.73 Å². The molecule has 0 saturated heterocycles. The lowest BCUT2D eigenvalue weighted by atomic mass is 10.1. The van der Waals surface area contributed by atoms with Crippen LogP contribution in [0.3, 0.4) is 0 Å². The van der Waals surface area contributed by atoms with E-state index in [9.17, 15) is 9.59 Å². The molecule has 4 aromatic rings. The zero-order valence-electron chi connectivity index (χ0n) is 23.7. The largest absolute Gasteiger partial charge is 0.493 e. The van der Waals surface area contributed by atoms with Crippen LogP contribution in [0.5, 0.6) is 17.2 Å². The molecular formula is C28H32ClN5O7S. The molecule has 42 heavy (non-hydrogen) atoms. The average molecular weight is 618 g/mol. The highest BCUT2D eigenvalue weighted by Crippen LogP contribution is 2.39. The van der Waals surface area contributed by atoms with Gasteiger partial charge < -0.3 is 35.3 Å². The van der Waals surface area contributed by atoms with Gasteiger partial charge in [0.05, 0.1) is 25.3 Å². The van der Waals surface area contributed by atoms with Gasteiger partial charge in [0, 0.05) is 47.4 Å². The number of benzene rings is 2. The lowest BCUT2D eigenvalue weighted by Gasteiger charge is -2.17. The molecule has 0 aliphatic rings. The number of carbonyl (C=O) groups is 3. The van der Waals surface area contributed by atoms with Gasteiger partial charge >= 0.3 is 0 Å². The molecule has 1 unspecified atom stereocenters. The second-order valence-electron chi connectivity index (χ2n) is 9.11. The molecule has 2 amide bonds. The first-order chi connectivity index (χ1) is 20.0. The minimum Gasteiger partial charge on any atom is -0.493 e. The number of carbonyl (C=O) groups excluding carboxylic acids is 2. The third-order valence-corrected chi connectivity index (χ3v) is 7.52. The molecule has 12 nitrogen and oxygen atoms in total. The van der Waals surface area contributed by atoms with Gasteiger partial charge in [-0.05, 0) is 39.2 Å². The predicted octanol–water partition coefficient (Wildman–Crippen LogP) is 3.99. The summed E-state index contributed by atoms with van der Waals surface area (Å²) in [4.78, 5) is 40.0. The van der Waals surface area contributed by atoms with E-state index in [4.69, 9.17) is 41.4 Å². The Morgan fingerprint density at radius 3 is 2.45 bits per heavy atom. The number of rotatable bonds is 11.